The van der Waals surface area contributed by atoms with Gasteiger partial charge >= 0.3 is 5.97 Å². The molecule has 2 N–H and O–H groups in total. The number of β-lactam (4-membered cyclic amide) rings is 1. The molecule has 7 nitrogen and oxygen atoms in total. The first-order valence-electron chi connectivity index (χ1n) is 7.31. The maximum Gasteiger partial charge on any atom is 0.352 e. The van der Waals surface area contributed by atoms with Gasteiger partial charge in [0.25, 0.3) is 0 Å². The van der Waals surface area contributed by atoms with Crippen LogP contribution in [-0.4, -0.2) is 48.5 Å². The van der Waals surface area contributed by atoms with Crippen LogP contribution in [-0.2, 0) is 9.59 Å². The first-order valence-corrected chi connectivity index (χ1v) is 8.13. The van der Waals surface area contributed by atoms with Gasteiger partial charge in [0.15, 0.2) is 0 Å². The second kappa shape index (κ2) is 4.65. The van der Waals surface area contributed by atoms with E-state index in [1.165, 1.54) is 16.2 Å². The number of aromatic nitrogens is 2. The maximum absolute atomic E-state index is 12.3. The standard InChI is InChI=1S/C15H15N3O4S/c1-6(19)11-9-3-8(13(15(21)22)18(9)14(11)20)12-7(2)23-10-4-16-5-17(10)12/h4-6,9,11,19H,3H2,1-2H3,(H,21,22)/t6-,9-,11-/m1/s1. The number of hydrogen-bond donors (Lipinski definition) is 2. The molecule has 4 heterocycles. The highest BCUT2D eigenvalue weighted by Crippen LogP contribution is 2.48. The third kappa shape index (κ3) is 1.76. The van der Waals surface area contributed by atoms with E-state index >= 15 is 0 Å². The summed E-state index contributed by atoms with van der Waals surface area (Å²) in [6, 6.07) is -0.276. The third-order valence-corrected chi connectivity index (χ3v) is 5.66. The highest BCUT2D eigenvalue weighted by atomic mass is 32.1. The van der Waals surface area contributed by atoms with Crippen molar-refractivity contribution >= 4 is 33.6 Å². The molecule has 0 bridgehead atoms. The largest absolute Gasteiger partial charge is 0.477 e. The molecule has 8 heteroatoms. The molecule has 0 aliphatic carbocycles. The summed E-state index contributed by atoms with van der Waals surface area (Å²) in [4.78, 5) is 31.4. The number of thiazole rings is 1. The number of hydrogen-bond acceptors (Lipinski definition) is 5. The van der Waals surface area contributed by atoms with Gasteiger partial charge in [-0.15, -0.1) is 11.3 Å². The fourth-order valence-corrected chi connectivity index (χ4v) is 4.72. The minimum absolute atomic E-state index is 0.0356. The number of carboxylic acids is 1. The zero-order valence-electron chi connectivity index (χ0n) is 12.6. The number of aliphatic carboxylic acids is 1. The lowest BCUT2D eigenvalue weighted by Gasteiger charge is -2.44. The molecule has 0 aromatic carbocycles. The van der Waals surface area contributed by atoms with Crippen molar-refractivity contribution in [2.24, 2.45) is 5.92 Å². The number of carbonyl (C=O) groups is 2. The first-order chi connectivity index (χ1) is 10.9. The molecule has 1 saturated heterocycles. The first kappa shape index (κ1) is 14.4. The topological polar surface area (TPSA) is 95.1 Å². The van der Waals surface area contributed by atoms with Gasteiger partial charge in [-0.2, -0.15) is 0 Å². The van der Waals surface area contributed by atoms with Crippen LogP contribution in [0.15, 0.2) is 18.2 Å². The Labute approximate surface area is 135 Å². The predicted molar refractivity (Wildman–Crippen MR) is 82.8 cm³/mol. The SMILES string of the molecule is Cc1sc2cncn2c1C1=C(C(=O)O)N2C(=O)[C@H]([C@@H](C)O)[C@H]2C1. The Morgan fingerprint density at radius 3 is 2.91 bits per heavy atom. The molecule has 0 radical (unpaired) electrons. The van der Waals surface area contributed by atoms with E-state index in [9.17, 15) is 19.8 Å². The molecule has 2 aliphatic rings. The van der Waals surface area contributed by atoms with Crippen molar-refractivity contribution < 1.29 is 19.8 Å². The Morgan fingerprint density at radius 1 is 1.52 bits per heavy atom. The molecular weight excluding hydrogens is 318 g/mol. The van der Waals surface area contributed by atoms with Crippen LogP contribution >= 0.6 is 11.3 Å². The van der Waals surface area contributed by atoms with Crippen molar-refractivity contribution in [1.29, 1.82) is 0 Å². The van der Waals surface area contributed by atoms with Crippen LogP contribution in [0.2, 0.25) is 0 Å². The molecule has 0 spiro atoms. The normalized spacial score (nSPS) is 25.0. The van der Waals surface area contributed by atoms with E-state index in [0.29, 0.717) is 12.0 Å². The Bertz CT molecular complexity index is 879. The number of nitrogens with zero attached hydrogens (tertiary/aromatic N) is 3. The van der Waals surface area contributed by atoms with Gasteiger partial charge in [-0.05, 0) is 20.3 Å². The van der Waals surface area contributed by atoms with Gasteiger partial charge in [0, 0.05) is 10.5 Å². The van der Waals surface area contributed by atoms with Crippen molar-refractivity contribution in [1.82, 2.24) is 14.3 Å². The molecule has 3 atom stereocenters. The van der Waals surface area contributed by atoms with Crippen LogP contribution in [0, 0.1) is 12.8 Å². The minimum Gasteiger partial charge on any atom is -0.477 e. The fraction of sp³-hybridized carbons (Fsp3) is 0.400. The summed E-state index contributed by atoms with van der Waals surface area (Å²) in [7, 11) is 0. The average molecular weight is 333 g/mol. The second-order valence-corrected chi connectivity index (χ2v) is 7.22. The van der Waals surface area contributed by atoms with Gasteiger partial charge in [0.05, 0.1) is 30.0 Å². The number of fused-ring (bicyclic) bond motifs is 2. The van der Waals surface area contributed by atoms with E-state index in [4.69, 9.17) is 0 Å². The molecule has 2 aliphatic heterocycles. The summed E-state index contributed by atoms with van der Waals surface area (Å²) in [6.07, 6.45) is 3.04. The molecular formula is C15H15N3O4S. The zero-order valence-corrected chi connectivity index (χ0v) is 13.4. The van der Waals surface area contributed by atoms with Crippen LogP contribution in [0.3, 0.4) is 0 Å². The molecule has 1 amide bonds. The second-order valence-electron chi connectivity index (χ2n) is 5.99. The van der Waals surface area contributed by atoms with E-state index in [-0.39, 0.29) is 17.6 Å². The van der Waals surface area contributed by atoms with E-state index in [2.05, 4.69) is 4.98 Å². The number of carboxylic acid groups (broad SMARTS) is 1. The molecule has 0 unspecified atom stereocenters. The number of rotatable bonds is 3. The fourth-order valence-electron chi connectivity index (χ4n) is 3.74. The molecule has 2 aromatic rings. The van der Waals surface area contributed by atoms with Gasteiger partial charge in [0.2, 0.25) is 5.91 Å². The summed E-state index contributed by atoms with van der Waals surface area (Å²) in [5.74, 6) is -1.95. The highest BCUT2D eigenvalue weighted by molar-refractivity contribution is 7.17. The lowest BCUT2D eigenvalue weighted by molar-refractivity contribution is -0.161. The Morgan fingerprint density at radius 2 is 2.26 bits per heavy atom. The molecule has 2 aromatic heterocycles. The van der Waals surface area contributed by atoms with Crippen molar-refractivity contribution in [2.75, 3.05) is 0 Å². The van der Waals surface area contributed by atoms with Crippen LogP contribution in [0.5, 0.6) is 0 Å². The Hall–Kier alpha value is -2.19. The lowest BCUT2D eigenvalue weighted by atomic mass is 9.83. The van der Waals surface area contributed by atoms with E-state index < -0.39 is 18.0 Å². The lowest BCUT2D eigenvalue weighted by Crippen LogP contribution is -2.61. The number of aliphatic hydroxyl groups excluding tert-OH is 1. The van der Waals surface area contributed by atoms with E-state index in [1.54, 1.807) is 19.4 Å². The molecule has 0 saturated carbocycles. The predicted octanol–water partition coefficient (Wildman–Crippen LogP) is 1.11. The summed E-state index contributed by atoms with van der Waals surface area (Å²) < 4.78 is 1.87. The van der Waals surface area contributed by atoms with Crippen molar-refractivity contribution in [2.45, 2.75) is 32.4 Å². The average Bonchev–Trinajstić information content (AvgIpc) is 3.09. The van der Waals surface area contributed by atoms with Crippen molar-refractivity contribution in [3.63, 3.8) is 0 Å². The Balaban J connectivity index is 1.88. The van der Waals surface area contributed by atoms with Crippen LogP contribution in [0.25, 0.3) is 10.4 Å². The number of aryl methyl sites for hydroxylation is 1. The minimum atomic E-state index is -1.11. The summed E-state index contributed by atoms with van der Waals surface area (Å²) in [5, 5.41) is 19.4. The van der Waals surface area contributed by atoms with Crippen molar-refractivity contribution in [3.8, 4) is 0 Å². The smallest absolute Gasteiger partial charge is 0.352 e. The van der Waals surface area contributed by atoms with Gasteiger partial charge in [0.1, 0.15) is 16.9 Å². The summed E-state index contributed by atoms with van der Waals surface area (Å²) in [6.45, 7) is 3.51. The third-order valence-electron chi connectivity index (χ3n) is 4.65. The van der Waals surface area contributed by atoms with Crippen LogP contribution < -0.4 is 0 Å². The number of aliphatic hydroxyl groups is 1. The van der Waals surface area contributed by atoms with E-state index in [1.807, 2.05) is 11.3 Å². The Kier molecular flexibility index (Phi) is 2.91. The number of carbonyl (C=O) groups excluding carboxylic acids is 1. The molecule has 1 fully saturated rings. The zero-order chi connectivity index (χ0) is 16.5. The highest BCUT2D eigenvalue weighted by Gasteiger charge is 2.57. The number of imidazole rings is 1. The number of amides is 1. The van der Waals surface area contributed by atoms with Gasteiger partial charge in [-0.25, -0.2) is 9.78 Å². The van der Waals surface area contributed by atoms with Gasteiger partial charge < -0.3 is 15.1 Å². The van der Waals surface area contributed by atoms with Gasteiger partial charge in [-0.1, -0.05) is 0 Å². The molecule has 120 valence electrons. The maximum atomic E-state index is 12.3. The molecule has 23 heavy (non-hydrogen) atoms. The van der Waals surface area contributed by atoms with Crippen molar-refractivity contribution in [3.05, 3.63) is 28.8 Å². The van der Waals surface area contributed by atoms with E-state index in [0.717, 1.165) is 15.4 Å². The summed E-state index contributed by atoms with van der Waals surface area (Å²) in [5.41, 5.74) is 1.47. The monoisotopic (exact) mass is 333 g/mol. The van der Waals surface area contributed by atoms with Crippen LogP contribution in [0.4, 0.5) is 0 Å². The van der Waals surface area contributed by atoms with Gasteiger partial charge in [-0.3, -0.25) is 9.20 Å². The molecule has 4 rings (SSSR count). The quantitative estimate of drug-likeness (QED) is 0.821. The summed E-state index contributed by atoms with van der Waals surface area (Å²) >= 11 is 1.54. The van der Waals surface area contributed by atoms with Crippen LogP contribution in [0.1, 0.15) is 23.9 Å².